The van der Waals surface area contributed by atoms with Crippen LogP contribution >= 0.6 is 13.4 Å². The topological polar surface area (TPSA) is 233 Å². The Kier molecular flexibility index (Phi) is 7.55. The number of aromatic nitrogens is 9. The van der Waals surface area contributed by atoms with Gasteiger partial charge in [-0.05, 0) is 29.7 Å². The molecule has 5 N–H and O–H groups in total. The van der Waals surface area contributed by atoms with Gasteiger partial charge in [-0.2, -0.15) is 4.68 Å². The first-order chi connectivity index (χ1) is 22.4. The summed E-state index contributed by atoms with van der Waals surface area (Å²) in [6.45, 7) is -10.0. The average molecular weight is 735 g/mol. The van der Waals surface area contributed by atoms with Crippen LogP contribution < -0.4 is 11.3 Å². The van der Waals surface area contributed by atoms with Crippen molar-refractivity contribution in [2.45, 2.75) is 49.2 Å². The van der Waals surface area contributed by atoms with E-state index in [2.05, 4.69) is 30.2 Å². The normalized spacial score (nSPS) is 36.8. The number of aromatic amines is 1. The summed E-state index contributed by atoms with van der Waals surface area (Å²) in [5, 5.41) is 7.85. The minimum Gasteiger partial charge on any atom is -0.397 e. The van der Waals surface area contributed by atoms with Crippen LogP contribution in [-0.2, 0) is 51.2 Å². The van der Waals surface area contributed by atoms with Crippen LogP contribution in [0.25, 0.3) is 28.1 Å². The van der Waals surface area contributed by atoms with Crippen molar-refractivity contribution < 1.29 is 46.1 Å². The lowest BCUT2D eigenvalue weighted by Crippen LogP contribution is -2.34. The molecule has 0 amide bonds. The molecular formula is C22H22F2N10O9P2S2. The highest BCUT2D eigenvalue weighted by molar-refractivity contribution is 8.07. The lowest BCUT2D eigenvalue weighted by molar-refractivity contribution is -0.0617. The second-order valence-electron chi connectivity index (χ2n) is 10.7. The largest absolute Gasteiger partial charge is 0.397 e. The number of alkyl halides is 2. The number of rotatable bonds is 2. The van der Waals surface area contributed by atoms with Gasteiger partial charge in [0.1, 0.15) is 30.1 Å². The zero-order chi connectivity index (χ0) is 32.8. The number of nitrogens with zero attached hydrogens (tertiary/aromatic N) is 8. The molecule has 0 spiro atoms. The number of nitrogen functional groups attached to an aromatic ring is 1. The van der Waals surface area contributed by atoms with E-state index in [1.807, 2.05) is 0 Å². The number of nitrogens with one attached hydrogen (secondary N) is 1. The van der Waals surface area contributed by atoms with E-state index in [0.717, 1.165) is 4.68 Å². The van der Waals surface area contributed by atoms with Crippen LogP contribution in [0.2, 0.25) is 0 Å². The molecule has 10 atom stereocenters. The molecule has 3 fully saturated rings. The van der Waals surface area contributed by atoms with Crippen molar-refractivity contribution in [2.75, 3.05) is 18.9 Å². The molecule has 2 bridgehead atoms. The van der Waals surface area contributed by atoms with Gasteiger partial charge in [0.05, 0.1) is 25.2 Å². The van der Waals surface area contributed by atoms with Gasteiger partial charge in [-0.15, -0.1) is 5.10 Å². The number of fused-ring (bicyclic) bond motifs is 6. The minimum absolute atomic E-state index is 0.0286. The summed E-state index contributed by atoms with van der Waals surface area (Å²) >= 11 is 10.4. The second kappa shape index (κ2) is 11.3. The Morgan fingerprint density at radius 1 is 0.957 bits per heavy atom. The summed E-state index contributed by atoms with van der Waals surface area (Å²) < 4.78 is 69.5. The third-order valence-corrected chi connectivity index (χ3v) is 11.0. The molecule has 47 heavy (non-hydrogen) atoms. The van der Waals surface area contributed by atoms with Crippen LogP contribution in [0, 0.1) is 0 Å². The van der Waals surface area contributed by atoms with Crippen molar-refractivity contribution in [3.8, 4) is 0 Å². The highest BCUT2D eigenvalue weighted by Crippen LogP contribution is 2.54. The van der Waals surface area contributed by atoms with Crippen LogP contribution in [0.5, 0.6) is 0 Å². The first kappa shape index (κ1) is 31.4. The lowest BCUT2D eigenvalue weighted by atomic mass is 10.1. The molecule has 0 saturated carbocycles. The molecule has 25 heteroatoms. The molecule has 5 aromatic heterocycles. The monoisotopic (exact) mass is 734 g/mol. The van der Waals surface area contributed by atoms with Gasteiger partial charge in [-0.25, -0.2) is 28.1 Å². The smallest absolute Gasteiger partial charge is 0.325 e. The van der Waals surface area contributed by atoms with E-state index in [4.69, 9.17) is 56.9 Å². The molecule has 8 heterocycles. The number of anilines is 1. The number of halogens is 2. The predicted molar refractivity (Wildman–Crippen MR) is 161 cm³/mol. The van der Waals surface area contributed by atoms with E-state index in [9.17, 15) is 14.6 Å². The number of H-pyrrole nitrogens is 1. The fraction of sp³-hybridized carbons (Fsp3) is 0.455. The number of ether oxygens (including phenoxy) is 2. The SMILES string of the molecule is Nc1ccnc2c1nnn2[C@@H]1O[C@@H]2COP(O)(=S)O[C@@H]3[C@H](F)[C@@H](COP(O)(=S)O[C@H]2[C@@H]1F)O[C@H]3n1cnc2c(=O)n3ccnc3[nH]c21. The van der Waals surface area contributed by atoms with Gasteiger partial charge in [0.25, 0.3) is 5.56 Å². The maximum atomic E-state index is 16.0. The van der Waals surface area contributed by atoms with Crippen molar-refractivity contribution in [3.05, 3.63) is 41.3 Å². The molecule has 0 radical (unpaired) electrons. The molecule has 0 aliphatic carbocycles. The van der Waals surface area contributed by atoms with Gasteiger partial charge in [0.15, 0.2) is 41.5 Å². The zero-order valence-electron chi connectivity index (χ0n) is 23.3. The Bertz CT molecular complexity index is 2180. The van der Waals surface area contributed by atoms with Gasteiger partial charge in [0.2, 0.25) is 5.78 Å². The summed E-state index contributed by atoms with van der Waals surface area (Å²) in [6.07, 6.45) is -7.79. The van der Waals surface area contributed by atoms with Crippen molar-refractivity contribution in [3.63, 3.8) is 0 Å². The third kappa shape index (κ3) is 5.30. The summed E-state index contributed by atoms with van der Waals surface area (Å²) in [4.78, 5) is 50.3. The number of hydrogen-bond acceptors (Lipinski definition) is 15. The van der Waals surface area contributed by atoms with Crippen LogP contribution in [0.15, 0.2) is 35.8 Å². The molecule has 3 saturated heterocycles. The van der Waals surface area contributed by atoms with Crippen molar-refractivity contribution in [1.82, 2.24) is 43.9 Å². The molecule has 8 rings (SSSR count). The van der Waals surface area contributed by atoms with E-state index in [1.54, 1.807) is 0 Å². The summed E-state index contributed by atoms with van der Waals surface area (Å²) in [7, 11) is 0. The number of pyridine rings is 1. The fourth-order valence-corrected chi connectivity index (χ4v) is 8.51. The third-order valence-electron chi connectivity index (χ3n) is 7.84. The van der Waals surface area contributed by atoms with E-state index in [1.165, 1.54) is 40.0 Å². The van der Waals surface area contributed by atoms with Crippen LogP contribution in [0.3, 0.4) is 0 Å². The summed E-state index contributed by atoms with van der Waals surface area (Å²) in [6, 6.07) is 1.49. The van der Waals surface area contributed by atoms with Crippen molar-refractivity contribution >= 4 is 70.8 Å². The maximum Gasteiger partial charge on any atom is 0.325 e. The van der Waals surface area contributed by atoms with E-state index in [0.29, 0.717) is 0 Å². The standard InChI is InChI=1S/C22H22F2N10O9P2S2/c23-11-9-5-38-44(36,46)42-15-10(41-20(12(15)24)34-17-13(30-31-34)8(25)1-2-26-17)6-39-45(37,47)43-16(11)21(40-9)33-7-28-14-18(33)29-22-27-3-4-32(22)19(14)35/h1-4,7,9-12,15-16,20-21H,5-6H2,(H2,25,26)(H,27,29)(H,36,46)(H,37,47)/t9-,10-,11-,12+,15-,16-,20-,21-,44?,45?/m1/s1. The van der Waals surface area contributed by atoms with Crippen molar-refractivity contribution in [2.24, 2.45) is 0 Å². The number of imidazole rings is 2. The summed E-state index contributed by atoms with van der Waals surface area (Å²) in [5.41, 5.74) is 6.01. The number of nitrogens with two attached hydrogens (primary N) is 1. The number of hydrogen-bond donors (Lipinski definition) is 4. The Morgan fingerprint density at radius 2 is 1.68 bits per heavy atom. The van der Waals surface area contributed by atoms with E-state index in [-0.39, 0.29) is 33.8 Å². The lowest BCUT2D eigenvalue weighted by Gasteiger charge is -2.27. The Morgan fingerprint density at radius 3 is 2.47 bits per heavy atom. The molecule has 3 aliphatic heterocycles. The highest BCUT2D eigenvalue weighted by Gasteiger charge is 2.54. The Labute approximate surface area is 270 Å². The second-order valence-corrected chi connectivity index (χ2v) is 16.3. The zero-order valence-corrected chi connectivity index (χ0v) is 26.7. The van der Waals surface area contributed by atoms with Gasteiger partial charge >= 0.3 is 13.4 Å². The first-order valence-corrected chi connectivity index (χ1v) is 18.9. The van der Waals surface area contributed by atoms with Gasteiger partial charge in [0, 0.05) is 18.6 Å². The summed E-state index contributed by atoms with van der Waals surface area (Å²) in [5.74, 6) is 0.168. The average Bonchev–Trinajstić information content (AvgIpc) is 3.85. The molecule has 250 valence electrons. The quantitative estimate of drug-likeness (QED) is 0.181. The molecule has 0 aromatic carbocycles. The molecule has 5 aromatic rings. The van der Waals surface area contributed by atoms with E-state index >= 15 is 8.78 Å². The Hall–Kier alpha value is -2.92. The van der Waals surface area contributed by atoms with Gasteiger partial charge in [-0.3, -0.25) is 18.4 Å². The van der Waals surface area contributed by atoms with Crippen LogP contribution in [-0.4, -0.2) is 104 Å². The maximum absolute atomic E-state index is 16.0. The van der Waals surface area contributed by atoms with Gasteiger partial charge in [-0.1, -0.05) is 5.21 Å². The molecular weight excluding hydrogens is 712 g/mol. The molecule has 3 aliphatic rings. The van der Waals surface area contributed by atoms with E-state index < -0.39 is 81.4 Å². The van der Waals surface area contributed by atoms with Crippen molar-refractivity contribution in [1.29, 1.82) is 0 Å². The minimum atomic E-state index is -4.35. The molecule has 2 unspecified atom stereocenters. The van der Waals surface area contributed by atoms with Gasteiger partial charge < -0.3 is 39.0 Å². The first-order valence-electron chi connectivity index (χ1n) is 13.7. The molecule has 19 nitrogen and oxygen atoms in total. The Balaban J connectivity index is 1.12. The highest BCUT2D eigenvalue weighted by atomic mass is 32.5. The van der Waals surface area contributed by atoms with Crippen LogP contribution in [0.4, 0.5) is 14.5 Å². The fourth-order valence-electron chi connectivity index (χ4n) is 5.67. The predicted octanol–water partition coefficient (Wildman–Crippen LogP) is 0.516. The van der Waals surface area contributed by atoms with Crippen LogP contribution in [0.1, 0.15) is 12.5 Å².